The molecule has 0 aliphatic rings. The van der Waals surface area contributed by atoms with E-state index in [1.54, 1.807) is 59.1 Å². The molecule has 0 saturated carbocycles. The number of rotatable bonds is 8. The highest BCUT2D eigenvalue weighted by atomic mass is 16.5. The molecule has 3 aromatic carbocycles. The standard InChI is InChI=1S/C30H28N6O3/c1-19(2)26-16-25(27-29(31)32-18-33-36(26)27)28(37)21-9-6-10-23(15-21)35-30(38)34-22-11-13-24(14-12-22)39-17-20-7-4-3-5-8-20/h3-16,18-19H,17H2,1-2H3,(H2,31,32,33)(H2,34,35,38). The van der Waals surface area contributed by atoms with Crippen molar-refractivity contribution < 1.29 is 14.3 Å². The Kier molecular flexibility index (Phi) is 7.22. The van der Waals surface area contributed by atoms with E-state index in [1.807, 2.05) is 44.2 Å². The Balaban J connectivity index is 1.26. The van der Waals surface area contributed by atoms with Gasteiger partial charge in [0.25, 0.3) is 0 Å². The van der Waals surface area contributed by atoms with Crippen molar-refractivity contribution in [3.05, 3.63) is 114 Å². The summed E-state index contributed by atoms with van der Waals surface area (Å²) in [7, 11) is 0. The molecule has 2 heterocycles. The summed E-state index contributed by atoms with van der Waals surface area (Å²) >= 11 is 0. The topological polar surface area (TPSA) is 124 Å². The van der Waals surface area contributed by atoms with Gasteiger partial charge in [0, 0.05) is 22.6 Å². The third-order valence-electron chi connectivity index (χ3n) is 6.19. The van der Waals surface area contributed by atoms with E-state index in [0.29, 0.717) is 40.4 Å². The molecule has 2 amide bonds. The van der Waals surface area contributed by atoms with Crippen LogP contribution in [0.2, 0.25) is 0 Å². The molecule has 0 spiro atoms. The fourth-order valence-electron chi connectivity index (χ4n) is 4.24. The first-order valence-corrected chi connectivity index (χ1v) is 12.5. The number of aromatic nitrogens is 3. The highest BCUT2D eigenvalue weighted by Gasteiger charge is 2.22. The number of nitrogen functional groups attached to an aromatic ring is 1. The van der Waals surface area contributed by atoms with Gasteiger partial charge in [-0.15, -0.1) is 0 Å². The normalized spacial score (nSPS) is 10.9. The smallest absolute Gasteiger partial charge is 0.323 e. The molecule has 0 radical (unpaired) electrons. The molecule has 2 aromatic heterocycles. The van der Waals surface area contributed by atoms with Crippen molar-refractivity contribution in [3.63, 3.8) is 0 Å². The molecule has 0 fully saturated rings. The SMILES string of the molecule is CC(C)c1cc(C(=O)c2cccc(NC(=O)Nc3ccc(OCc4ccccc4)cc3)c2)c2c(N)ncnn12. The number of carbonyl (C=O) groups is 2. The molecule has 0 aliphatic carbocycles. The monoisotopic (exact) mass is 520 g/mol. The number of nitrogens with two attached hydrogens (primary N) is 1. The number of urea groups is 1. The quantitative estimate of drug-likeness (QED) is 0.219. The largest absolute Gasteiger partial charge is 0.489 e. The number of nitrogens with zero attached hydrogens (tertiary/aromatic N) is 3. The number of anilines is 3. The average Bonchev–Trinajstić information content (AvgIpc) is 3.34. The maximum atomic E-state index is 13.5. The molecule has 196 valence electrons. The van der Waals surface area contributed by atoms with Gasteiger partial charge in [-0.3, -0.25) is 4.79 Å². The molecule has 5 rings (SSSR count). The van der Waals surface area contributed by atoms with Gasteiger partial charge in [0.2, 0.25) is 0 Å². The lowest BCUT2D eigenvalue weighted by atomic mass is 10.0. The van der Waals surface area contributed by atoms with Gasteiger partial charge >= 0.3 is 6.03 Å². The van der Waals surface area contributed by atoms with Crippen LogP contribution in [0.1, 0.15) is 46.9 Å². The Morgan fingerprint density at radius 3 is 2.41 bits per heavy atom. The molecule has 39 heavy (non-hydrogen) atoms. The van der Waals surface area contributed by atoms with Gasteiger partial charge in [-0.2, -0.15) is 5.10 Å². The van der Waals surface area contributed by atoms with E-state index in [9.17, 15) is 9.59 Å². The highest BCUT2D eigenvalue weighted by Crippen LogP contribution is 2.27. The zero-order valence-electron chi connectivity index (χ0n) is 21.6. The van der Waals surface area contributed by atoms with Crippen molar-refractivity contribution >= 4 is 34.5 Å². The summed E-state index contributed by atoms with van der Waals surface area (Å²) in [5, 5.41) is 9.86. The third kappa shape index (κ3) is 5.72. The van der Waals surface area contributed by atoms with Gasteiger partial charge in [-0.1, -0.05) is 56.3 Å². The number of ether oxygens (including phenoxy) is 1. The summed E-state index contributed by atoms with van der Waals surface area (Å²) < 4.78 is 7.45. The van der Waals surface area contributed by atoms with Gasteiger partial charge in [-0.05, 0) is 53.9 Å². The molecule has 0 unspecified atom stereocenters. The van der Waals surface area contributed by atoms with Crippen molar-refractivity contribution in [2.45, 2.75) is 26.4 Å². The number of nitrogens with one attached hydrogen (secondary N) is 2. The minimum absolute atomic E-state index is 0.120. The molecule has 5 aromatic rings. The predicted molar refractivity (Wildman–Crippen MR) is 151 cm³/mol. The summed E-state index contributed by atoms with van der Waals surface area (Å²) in [5.41, 5.74) is 10.4. The zero-order valence-corrected chi connectivity index (χ0v) is 21.6. The van der Waals surface area contributed by atoms with E-state index in [-0.39, 0.29) is 17.5 Å². The van der Waals surface area contributed by atoms with Crippen LogP contribution in [0.25, 0.3) is 5.52 Å². The molecule has 0 bridgehead atoms. The van der Waals surface area contributed by atoms with Crippen molar-refractivity contribution in [3.8, 4) is 5.75 Å². The van der Waals surface area contributed by atoms with Gasteiger partial charge in [-0.25, -0.2) is 14.3 Å². The van der Waals surface area contributed by atoms with Crippen LogP contribution in [0.15, 0.2) is 91.3 Å². The maximum absolute atomic E-state index is 13.5. The van der Waals surface area contributed by atoms with Crippen molar-refractivity contribution in [1.82, 2.24) is 14.6 Å². The third-order valence-corrected chi connectivity index (χ3v) is 6.19. The number of hydrogen-bond donors (Lipinski definition) is 3. The van der Waals surface area contributed by atoms with Gasteiger partial charge in [0.05, 0.1) is 5.56 Å². The van der Waals surface area contributed by atoms with E-state index < -0.39 is 6.03 Å². The van der Waals surface area contributed by atoms with E-state index >= 15 is 0 Å². The Hall–Kier alpha value is -5.18. The Bertz CT molecular complexity index is 1630. The first-order chi connectivity index (χ1) is 18.9. The summed E-state index contributed by atoms with van der Waals surface area (Å²) in [6.45, 7) is 4.49. The fraction of sp³-hybridized carbons (Fsp3) is 0.133. The van der Waals surface area contributed by atoms with Crippen LogP contribution in [-0.4, -0.2) is 26.4 Å². The highest BCUT2D eigenvalue weighted by molar-refractivity contribution is 6.15. The minimum Gasteiger partial charge on any atom is -0.489 e. The Morgan fingerprint density at radius 2 is 1.67 bits per heavy atom. The number of carbonyl (C=O) groups excluding carboxylic acids is 2. The second-order valence-electron chi connectivity index (χ2n) is 9.33. The predicted octanol–water partition coefficient (Wildman–Crippen LogP) is 5.89. The molecule has 0 aliphatic heterocycles. The van der Waals surface area contributed by atoms with Crippen LogP contribution < -0.4 is 21.1 Å². The first-order valence-electron chi connectivity index (χ1n) is 12.5. The molecule has 9 heteroatoms. The van der Waals surface area contributed by atoms with E-state index in [4.69, 9.17) is 10.5 Å². The van der Waals surface area contributed by atoms with Crippen LogP contribution >= 0.6 is 0 Å². The van der Waals surface area contributed by atoms with Crippen LogP contribution in [0.4, 0.5) is 22.0 Å². The average molecular weight is 521 g/mol. The number of ketones is 1. The van der Waals surface area contributed by atoms with Crippen molar-refractivity contribution in [1.29, 1.82) is 0 Å². The summed E-state index contributed by atoms with van der Waals surface area (Å²) in [6.07, 6.45) is 1.37. The summed E-state index contributed by atoms with van der Waals surface area (Å²) in [4.78, 5) is 30.2. The minimum atomic E-state index is -0.438. The summed E-state index contributed by atoms with van der Waals surface area (Å²) in [6, 6.07) is 25.1. The van der Waals surface area contributed by atoms with E-state index in [2.05, 4.69) is 20.7 Å². The lowest BCUT2D eigenvalue weighted by Gasteiger charge is -2.10. The van der Waals surface area contributed by atoms with E-state index in [1.165, 1.54) is 6.33 Å². The second kappa shape index (κ2) is 11.1. The second-order valence-corrected chi connectivity index (χ2v) is 9.33. The van der Waals surface area contributed by atoms with Crippen LogP contribution in [0.5, 0.6) is 5.75 Å². The van der Waals surface area contributed by atoms with Crippen molar-refractivity contribution in [2.24, 2.45) is 0 Å². The maximum Gasteiger partial charge on any atom is 0.323 e. The number of hydrogen-bond acceptors (Lipinski definition) is 6. The van der Waals surface area contributed by atoms with Crippen LogP contribution in [-0.2, 0) is 6.61 Å². The molecular formula is C30H28N6O3. The molecule has 0 atom stereocenters. The van der Waals surface area contributed by atoms with Gasteiger partial charge in [0.1, 0.15) is 24.2 Å². The Labute approximate surface area is 225 Å². The molecule has 0 saturated heterocycles. The molecule has 9 nitrogen and oxygen atoms in total. The van der Waals surface area contributed by atoms with Gasteiger partial charge < -0.3 is 21.1 Å². The van der Waals surface area contributed by atoms with Gasteiger partial charge in [0.15, 0.2) is 11.6 Å². The number of benzene rings is 3. The summed E-state index contributed by atoms with van der Waals surface area (Å²) in [5.74, 6) is 0.803. The van der Waals surface area contributed by atoms with Crippen molar-refractivity contribution in [2.75, 3.05) is 16.4 Å². The fourth-order valence-corrected chi connectivity index (χ4v) is 4.24. The van der Waals surface area contributed by atoms with Crippen LogP contribution in [0.3, 0.4) is 0 Å². The Morgan fingerprint density at radius 1 is 0.923 bits per heavy atom. The zero-order chi connectivity index (χ0) is 27.4. The molecular weight excluding hydrogens is 492 g/mol. The van der Waals surface area contributed by atoms with Crippen LogP contribution in [0, 0.1) is 0 Å². The molecule has 4 N–H and O–H groups in total. The number of amides is 2. The lowest BCUT2D eigenvalue weighted by Crippen LogP contribution is -2.19. The first kappa shape index (κ1) is 25.5. The lowest BCUT2D eigenvalue weighted by molar-refractivity contribution is 0.104. The van der Waals surface area contributed by atoms with E-state index in [0.717, 1.165) is 11.3 Å². The number of fused-ring (bicyclic) bond motifs is 1.